The molecule has 1 aliphatic heterocycles. The van der Waals surface area contributed by atoms with Gasteiger partial charge in [0.25, 0.3) is 0 Å². The maximum absolute atomic E-state index is 12.3. The standard InChI is InChI=1S/C24H39NO3/c1-14-13-19-17-7-8-20-23(4,12-10-21(27)25(20)6)18(17)9-11-24(19,5)22(14)15(2)28-16(3)26/h14-15,17-20,22H,7-13H2,1-6H3/t14?,15?,17-,18+,19+,20?,22-,23-,24+/m1/s1. The topological polar surface area (TPSA) is 46.6 Å². The molecular formula is C24H39NO3. The van der Waals surface area contributed by atoms with E-state index in [0.29, 0.717) is 23.8 Å². The summed E-state index contributed by atoms with van der Waals surface area (Å²) in [6, 6.07) is 0.425. The van der Waals surface area contributed by atoms with Crippen molar-refractivity contribution in [3.8, 4) is 0 Å². The van der Waals surface area contributed by atoms with Crippen LogP contribution >= 0.6 is 0 Å². The van der Waals surface area contributed by atoms with E-state index in [1.807, 2.05) is 7.05 Å². The molecule has 3 saturated carbocycles. The molecule has 9 atom stereocenters. The average molecular weight is 390 g/mol. The number of carbonyl (C=O) groups excluding carboxylic acids is 2. The molecule has 28 heavy (non-hydrogen) atoms. The Morgan fingerprint density at radius 2 is 1.86 bits per heavy atom. The first-order chi connectivity index (χ1) is 13.1. The first-order valence-corrected chi connectivity index (χ1v) is 11.5. The zero-order chi connectivity index (χ0) is 20.4. The highest BCUT2D eigenvalue weighted by Crippen LogP contribution is 2.67. The molecule has 0 bridgehead atoms. The lowest BCUT2D eigenvalue weighted by atomic mass is 9.46. The summed E-state index contributed by atoms with van der Waals surface area (Å²) in [5, 5.41) is 0. The largest absolute Gasteiger partial charge is 0.463 e. The average Bonchev–Trinajstić information content (AvgIpc) is 2.88. The lowest BCUT2D eigenvalue weighted by Gasteiger charge is -2.62. The number of hydrogen-bond donors (Lipinski definition) is 0. The molecule has 1 amide bonds. The van der Waals surface area contributed by atoms with Crippen LogP contribution in [0.5, 0.6) is 0 Å². The minimum atomic E-state index is -0.150. The summed E-state index contributed by atoms with van der Waals surface area (Å²) in [7, 11) is 2.03. The SMILES string of the molecule is CC(=O)OC(C)[C@H]1C(C)C[C@H]2[C@@H]3CCC4N(C)C(=O)CC[C@]4(C)[C@H]3CC[C@]12C. The Hall–Kier alpha value is -1.06. The van der Waals surface area contributed by atoms with Gasteiger partial charge in [-0.15, -0.1) is 0 Å². The summed E-state index contributed by atoms with van der Waals surface area (Å²) in [6.07, 6.45) is 7.97. The predicted octanol–water partition coefficient (Wildman–Crippen LogP) is 4.66. The first kappa shape index (κ1) is 20.2. The highest BCUT2D eigenvalue weighted by molar-refractivity contribution is 5.77. The summed E-state index contributed by atoms with van der Waals surface area (Å²) in [5.41, 5.74) is 0.546. The molecule has 0 N–H and O–H groups in total. The van der Waals surface area contributed by atoms with Gasteiger partial charge in [-0.1, -0.05) is 20.8 Å². The van der Waals surface area contributed by atoms with Crippen LogP contribution < -0.4 is 0 Å². The first-order valence-electron chi connectivity index (χ1n) is 11.5. The van der Waals surface area contributed by atoms with Crippen molar-refractivity contribution >= 4 is 11.9 Å². The van der Waals surface area contributed by atoms with Gasteiger partial charge in [-0.05, 0) is 80.0 Å². The summed E-state index contributed by atoms with van der Waals surface area (Å²) in [5.74, 6) is 3.47. The van der Waals surface area contributed by atoms with Crippen molar-refractivity contribution in [1.82, 2.24) is 4.90 Å². The second-order valence-corrected chi connectivity index (χ2v) is 11.1. The molecular weight excluding hydrogens is 350 g/mol. The zero-order valence-electron chi connectivity index (χ0n) is 18.7. The van der Waals surface area contributed by atoms with Crippen LogP contribution in [0.2, 0.25) is 0 Å². The maximum atomic E-state index is 12.3. The number of carbonyl (C=O) groups is 2. The van der Waals surface area contributed by atoms with Crippen molar-refractivity contribution in [2.24, 2.45) is 40.4 Å². The molecule has 0 aromatic carbocycles. The Bertz CT molecular complexity index is 662. The van der Waals surface area contributed by atoms with E-state index in [9.17, 15) is 9.59 Å². The van der Waals surface area contributed by atoms with E-state index in [4.69, 9.17) is 4.74 Å². The number of rotatable bonds is 2. The molecule has 4 aliphatic rings. The van der Waals surface area contributed by atoms with Crippen LogP contribution in [0.25, 0.3) is 0 Å². The number of piperidine rings is 1. The fourth-order valence-electron chi connectivity index (χ4n) is 8.89. The number of amides is 1. The third-order valence-electron chi connectivity index (χ3n) is 9.85. The number of ether oxygens (including phenoxy) is 1. The van der Waals surface area contributed by atoms with Crippen LogP contribution in [0.4, 0.5) is 0 Å². The number of hydrogen-bond acceptors (Lipinski definition) is 3. The van der Waals surface area contributed by atoms with Crippen LogP contribution in [-0.2, 0) is 14.3 Å². The Balaban J connectivity index is 1.61. The minimum absolute atomic E-state index is 0.00408. The summed E-state index contributed by atoms with van der Waals surface area (Å²) < 4.78 is 5.70. The minimum Gasteiger partial charge on any atom is -0.463 e. The van der Waals surface area contributed by atoms with Gasteiger partial charge >= 0.3 is 5.97 Å². The Kier molecular flexibility index (Phi) is 4.87. The molecule has 0 aromatic rings. The van der Waals surface area contributed by atoms with E-state index in [-0.39, 0.29) is 22.9 Å². The van der Waals surface area contributed by atoms with Crippen LogP contribution in [0, 0.1) is 40.4 Å². The molecule has 4 heteroatoms. The highest BCUT2D eigenvalue weighted by Gasteiger charge is 2.63. The predicted molar refractivity (Wildman–Crippen MR) is 109 cm³/mol. The van der Waals surface area contributed by atoms with Crippen LogP contribution in [0.3, 0.4) is 0 Å². The van der Waals surface area contributed by atoms with Crippen molar-refractivity contribution in [3.63, 3.8) is 0 Å². The summed E-state index contributed by atoms with van der Waals surface area (Å²) in [6.45, 7) is 11.0. The molecule has 0 spiro atoms. The molecule has 4 nitrogen and oxygen atoms in total. The van der Waals surface area contributed by atoms with E-state index in [0.717, 1.165) is 37.0 Å². The van der Waals surface area contributed by atoms with Gasteiger partial charge in [-0.3, -0.25) is 9.59 Å². The third-order valence-corrected chi connectivity index (χ3v) is 9.85. The van der Waals surface area contributed by atoms with Crippen molar-refractivity contribution in [1.29, 1.82) is 0 Å². The van der Waals surface area contributed by atoms with Crippen LogP contribution in [-0.4, -0.2) is 36.0 Å². The normalized spacial score (nSPS) is 49.1. The summed E-state index contributed by atoms with van der Waals surface area (Å²) >= 11 is 0. The second kappa shape index (κ2) is 6.74. The van der Waals surface area contributed by atoms with Crippen molar-refractivity contribution < 1.29 is 14.3 Å². The van der Waals surface area contributed by atoms with Gasteiger partial charge in [0.05, 0.1) is 0 Å². The second-order valence-electron chi connectivity index (χ2n) is 11.1. The molecule has 4 fully saturated rings. The van der Waals surface area contributed by atoms with E-state index in [1.54, 1.807) is 0 Å². The number of likely N-dealkylation sites (tertiary alicyclic amines) is 1. The van der Waals surface area contributed by atoms with Crippen LogP contribution in [0.1, 0.15) is 79.6 Å². The van der Waals surface area contributed by atoms with Gasteiger partial charge in [0.2, 0.25) is 5.91 Å². The maximum Gasteiger partial charge on any atom is 0.302 e. The lowest BCUT2D eigenvalue weighted by Crippen LogP contribution is -2.61. The van der Waals surface area contributed by atoms with Gasteiger partial charge in [0.1, 0.15) is 6.10 Å². The molecule has 0 aromatic heterocycles. The number of esters is 1. The van der Waals surface area contributed by atoms with E-state index >= 15 is 0 Å². The molecule has 4 rings (SSSR count). The molecule has 1 heterocycles. The Morgan fingerprint density at radius 1 is 1.14 bits per heavy atom. The molecule has 0 radical (unpaired) electrons. The van der Waals surface area contributed by atoms with Gasteiger partial charge in [-0.25, -0.2) is 0 Å². The van der Waals surface area contributed by atoms with Crippen molar-refractivity contribution in [2.45, 2.75) is 91.7 Å². The van der Waals surface area contributed by atoms with E-state index < -0.39 is 0 Å². The fraction of sp³-hybridized carbons (Fsp3) is 0.917. The number of fused-ring (bicyclic) bond motifs is 5. The lowest BCUT2D eigenvalue weighted by molar-refractivity contribution is -0.164. The van der Waals surface area contributed by atoms with Crippen molar-refractivity contribution in [3.05, 3.63) is 0 Å². The Morgan fingerprint density at radius 3 is 2.54 bits per heavy atom. The highest BCUT2D eigenvalue weighted by atomic mass is 16.5. The molecule has 158 valence electrons. The fourth-order valence-corrected chi connectivity index (χ4v) is 8.89. The van der Waals surface area contributed by atoms with Crippen LogP contribution in [0.15, 0.2) is 0 Å². The Labute approximate surface area is 170 Å². The van der Waals surface area contributed by atoms with E-state index in [2.05, 4.69) is 32.6 Å². The zero-order valence-corrected chi connectivity index (χ0v) is 18.7. The van der Waals surface area contributed by atoms with Gasteiger partial charge < -0.3 is 9.64 Å². The van der Waals surface area contributed by atoms with Gasteiger partial charge in [0.15, 0.2) is 0 Å². The van der Waals surface area contributed by atoms with Gasteiger partial charge in [0, 0.05) is 32.4 Å². The molecule has 3 aliphatic carbocycles. The van der Waals surface area contributed by atoms with E-state index in [1.165, 1.54) is 32.6 Å². The molecule has 3 unspecified atom stereocenters. The monoisotopic (exact) mass is 389 g/mol. The smallest absolute Gasteiger partial charge is 0.302 e. The third kappa shape index (κ3) is 2.76. The van der Waals surface area contributed by atoms with Crippen molar-refractivity contribution in [2.75, 3.05) is 7.05 Å². The summed E-state index contributed by atoms with van der Waals surface area (Å²) in [4.78, 5) is 26.0. The van der Waals surface area contributed by atoms with Gasteiger partial charge in [-0.2, -0.15) is 0 Å². The number of nitrogens with zero attached hydrogens (tertiary/aromatic N) is 1. The molecule has 1 saturated heterocycles. The quantitative estimate of drug-likeness (QED) is 0.645.